The standard InChI is InChI=1S/C10H21NO2/c1-6-7(2)13-9(12)8(11)10(3,4)5/h7-8H,6,11H2,1-5H3/t7?,8-/m1/s1. The van der Waals surface area contributed by atoms with Gasteiger partial charge in [0.1, 0.15) is 6.04 Å². The first-order valence-electron chi connectivity index (χ1n) is 4.75. The molecule has 3 nitrogen and oxygen atoms in total. The fraction of sp³-hybridized carbons (Fsp3) is 0.900. The highest BCUT2D eigenvalue weighted by molar-refractivity contribution is 5.76. The molecule has 0 radical (unpaired) electrons. The van der Waals surface area contributed by atoms with Crippen LogP contribution in [0.25, 0.3) is 0 Å². The van der Waals surface area contributed by atoms with Crippen LogP contribution in [0.4, 0.5) is 0 Å². The monoisotopic (exact) mass is 187 g/mol. The van der Waals surface area contributed by atoms with Crippen molar-refractivity contribution in [2.45, 2.75) is 53.2 Å². The van der Waals surface area contributed by atoms with Crippen molar-refractivity contribution in [1.29, 1.82) is 0 Å². The summed E-state index contributed by atoms with van der Waals surface area (Å²) in [4.78, 5) is 11.4. The number of hydrogen-bond acceptors (Lipinski definition) is 3. The summed E-state index contributed by atoms with van der Waals surface area (Å²) >= 11 is 0. The van der Waals surface area contributed by atoms with E-state index in [1.807, 2.05) is 34.6 Å². The molecule has 0 heterocycles. The van der Waals surface area contributed by atoms with Crippen molar-refractivity contribution in [3.63, 3.8) is 0 Å². The summed E-state index contributed by atoms with van der Waals surface area (Å²) in [7, 11) is 0. The van der Waals surface area contributed by atoms with Crippen LogP contribution in [0.2, 0.25) is 0 Å². The van der Waals surface area contributed by atoms with Gasteiger partial charge in [0.25, 0.3) is 0 Å². The zero-order valence-corrected chi connectivity index (χ0v) is 9.26. The Kier molecular flexibility index (Phi) is 4.40. The van der Waals surface area contributed by atoms with Crippen molar-refractivity contribution in [1.82, 2.24) is 0 Å². The second-order valence-corrected chi connectivity index (χ2v) is 4.50. The Balaban J connectivity index is 4.12. The van der Waals surface area contributed by atoms with Gasteiger partial charge in [-0.3, -0.25) is 4.79 Å². The zero-order chi connectivity index (χ0) is 10.6. The molecular weight excluding hydrogens is 166 g/mol. The first kappa shape index (κ1) is 12.4. The van der Waals surface area contributed by atoms with Crippen molar-refractivity contribution in [2.75, 3.05) is 0 Å². The van der Waals surface area contributed by atoms with Gasteiger partial charge in [0, 0.05) is 0 Å². The van der Waals surface area contributed by atoms with Crippen molar-refractivity contribution >= 4 is 5.97 Å². The predicted octanol–water partition coefficient (Wildman–Crippen LogP) is 1.70. The molecule has 0 bridgehead atoms. The van der Waals surface area contributed by atoms with E-state index in [9.17, 15) is 4.79 Å². The van der Waals surface area contributed by atoms with E-state index in [0.29, 0.717) is 0 Å². The Bertz CT molecular complexity index is 172. The number of esters is 1. The molecule has 0 aliphatic carbocycles. The SMILES string of the molecule is CCC(C)OC(=O)[C@@H](N)C(C)(C)C. The van der Waals surface area contributed by atoms with E-state index >= 15 is 0 Å². The fourth-order valence-corrected chi connectivity index (χ4v) is 0.708. The van der Waals surface area contributed by atoms with Gasteiger partial charge in [-0.2, -0.15) is 0 Å². The van der Waals surface area contributed by atoms with Crippen LogP contribution in [-0.4, -0.2) is 18.1 Å². The minimum Gasteiger partial charge on any atom is -0.462 e. The number of nitrogens with two attached hydrogens (primary N) is 1. The summed E-state index contributed by atoms with van der Waals surface area (Å²) in [6, 6.07) is -0.540. The predicted molar refractivity (Wildman–Crippen MR) is 53.3 cm³/mol. The summed E-state index contributed by atoms with van der Waals surface area (Å²) in [5.41, 5.74) is 5.49. The van der Waals surface area contributed by atoms with E-state index in [0.717, 1.165) is 6.42 Å². The van der Waals surface area contributed by atoms with Gasteiger partial charge < -0.3 is 10.5 Å². The van der Waals surface area contributed by atoms with Crippen molar-refractivity contribution in [3.05, 3.63) is 0 Å². The summed E-state index contributed by atoms with van der Waals surface area (Å²) < 4.78 is 5.12. The number of carbonyl (C=O) groups is 1. The van der Waals surface area contributed by atoms with Crippen LogP contribution < -0.4 is 5.73 Å². The largest absolute Gasteiger partial charge is 0.462 e. The second kappa shape index (κ2) is 4.61. The van der Waals surface area contributed by atoms with E-state index in [1.54, 1.807) is 0 Å². The number of rotatable bonds is 3. The fourth-order valence-electron chi connectivity index (χ4n) is 0.708. The molecular formula is C10H21NO2. The lowest BCUT2D eigenvalue weighted by atomic mass is 9.87. The molecule has 1 unspecified atom stereocenters. The third kappa shape index (κ3) is 4.27. The third-order valence-corrected chi connectivity index (χ3v) is 2.08. The Morgan fingerprint density at radius 2 is 1.92 bits per heavy atom. The van der Waals surface area contributed by atoms with Crippen LogP contribution >= 0.6 is 0 Å². The van der Waals surface area contributed by atoms with Crippen LogP contribution in [0.5, 0.6) is 0 Å². The number of hydrogen-bond donors (Lipinski definition) is 1. The molecule has 0 saturated heterocycles. The molecule has 0 aromatic heterocycles. The molecule has 0 fully saturated rings. The van der Waals surface area contributed by atoms with Crippen LogP contribution in [0, 0.1) is 5.41 Å². The molecule has 13 heavy (non-hydrogen) atoms. The highest BCUT2D eigenvalue weighted by atomic mass is 16.5. The van der Waals surface area contributed by atoms with Gasteiger partial charge in [-0.05, 0) is 18.8 Å². The first-order valence-corrected chi connectivity index (χ1v) is 4.75. The van der Waals surface area contributed by atoms with Gasteiger partial charge in [-0.1, -0.05) is 27.7 Å². The van der Waals surface area contributed by atoms with Crippen molar-refractivity contribution in [2.24, 2.45) is 11.1 Å². The smallest absolute Gasteiger partial charge is 0.323 e. The Hall–Kier alpha value is -0.570. The average Bonchev–Trinajstić information content (AvgIpc) is 2.01. The van der Waals surface area contributed by atoms with Gasteiger partial charge in [0.05, 0.1) is 6.10 Å². The van der Waals surface area contributed by atoms with Crippen LogP contribution in [0.1, 0.15) is 41.0 Å². The topological polar surface area (TPSA) is 52.3 Å². The summed E-state index contributed by atoms with van der Waals surface area (Å²) in [5, 5.41) is 0. The van der Waals surface area contributed by atoms with Gasteiger partial charge in [-0.15, -0.1) is 0 Å². The van der Waals surface area contributed by atoms with E-state index < -0.39 is 6.04 Å². The molecule has 0 aliphatic heterocycles. The van der Waals surface area contributed by atoms with Gasteiger partial charge in [-0.25, -0.2) is 0 Å². The molecule has 2 atom stereocenters. The van der Waals surface area contributed by atoms with Gasteiger partial charge in [0.2, 0.25) is 0 Å². The second-order valence-electron chi connectivity index (χ2n) is 4.50. The molecule has 0 spiro atoms. The first-order chi connectivity index (χ1) is 5.79. The molecule has 78 valence electrons. The molecule has 0 rings (SSSR count). The molecule has 0 amide bonds. The highest BCUT2D eigenvalue weighted by Crippen LogP contribution is 2.18. The van der Waals surface area contributed by atoms with Crippen LogP contribution in [0.15, 0.2) is 0 Å². The average molecular weight is 187 g/mol. The third-order valence-electron chi connectivity index (χ3n) is 2.08. The maximum atomic E-state index is 11.4. The van der Waals surface area contributed by atoms with E-state index in [-0.39, 0.29) is 17.5 Å². The molecule has 3 heteroatoms. The maximum Gasteiger partial charge on any atom is 0.323 e. The quantitative estimate of drug-likeness (QED) is 0.684. The van der Waals surface area contributed by atoms with Gasteiger partial charge in [0.15, 0.2) is 0 Å². The van der Waals surface area contributed by atoms with Crippen LogP contribution in [-0.2, 0) is 9.53 Å². The zero-order valence-electron chi connectivity index (χ0n) is 9.26. The van der Waals surface area contributed by atoms with Crippen molar-refractivity contribution in [3.8, 4) is 0 Å². The maximum absolute atomic E-state index is 11.4. The Labute approximate surface area is 80.6 Å². The molecule has 0 saturated carbocycles. The number of ether oxygens (including phenoxy) is 1. The van der Waals surface area contributed by atoms with E-state index in [4.69, 9.17) is 10.5 Å². The Morgan fingerprint density at radius 1 is 1.46 bits per heavy atom. The highest BCUT2D eigenvalue weighted by Gasteiger charge is 2.29. The van der Waals surface area contributed by atoms with E-state index in [1.165, 1.54) is 0 Å². The minimum atomic E-state index is -0.540. The summed E-state index contributed by atoms with van der Waals surface area (Å²) in [6.45, 7) is 9.62. The van der Waals surface area contributed by atoms with Crippen molar-refractivity contribution < 1.29 is 9.53 Å². The van der Waals surface area contributed by atoms with Crippen LogP contribution in [0.3, 0.4) is 0 Å². The Morgan fingerprint density at radius 3 is 2.23 bits per heavy atom. The molecule has 0 aromatic rings. The lowest BCUT2D eigenvalue weighted by Gasteiger charge is -2.26. The van der Waals surface area contributed by atoms with E-state index in [2.05, 4.69) is 0 Å². The van der Waals surface area contributed by atoms with Gasteiger partial charge >= 0.3 is 5.97 Å². The number of carbonyl (C=O) groups excluding carboxylic acids is 1. The lowest BCUT2D eigenvalue weighted by Crippen LogP contribution is -2.44. The molecule has 0 aliphatic rings. The minimum absolute atomic E-state index is 0.0408. The lowest BCUT2D eigenvalue weighted by molar-refractivity contribution is -0.152. The normalized spacial score (nSPS) is 16.5. The molecule has 0 aromatic carbocycles. The summed E-state index contributed by atoms with van der Waals surface area (Å²) in [6.07, 6.45) is 0.781. The summed E-state index contributed by atoms with van der Waals surface area (Å²) in [5.74, 6) is -0.304. The molecule has 2 N–H and O–H groups in total.